The third-order valence-corrected chi connectivity index (χ3v) is 3.90. The van der Waals surface area contributed by atoms with Gasteiger partial charge in [0.1, 0.15) is 6.54 Å². The molecule has 0 heterocycles. The van der Waals surface area contributed by atoms with Crippen molar-refractivity contribution in [2.24, 2.45) is 11.7 Å². The van der Waals surface area contributed by atoms with E-state index in [1.54, 1.807) is 6.07 Å². The molecule has 0 saturated carbocycles. The second-order valence-electron chi connectivity index (χ2n) is 5.86. The molecule has 4 nitrogen and oxygen atoms in total. The zero-order chi connectivity index (χ0) is 18.5. The number of carbonyl (C=O) groups excluding carboxylic acids is 1. The molecule has 0 fully saturated rings. The van der Waals surface area contributed by atoms with E-state index in [1.807, 2.05) is 13.8 Å². The number of alkyl halides is 3. The van der Waals surface area contributed by atoms with Crippen LogP contribution in [-0.2, 0) is 4.79 Å². The minimum Gasteiger partial charge on any atom is -0.320 e. The zero-order valence-corrected chi connectivity index (χ0v) is 14.9. The van der Waals surface area contributed by atoms with E-state index in [9.17, 15) is 18.0 Å². The van der Waals surface area contributed by atoms with Crippen molar-refractivity contribution < 1.29 is 18.0 Å². The molecule has 0 aromatic heterocycles. The van der Waals surface area contributed by atoms with Crippen LogP contribution in [0.15, 0.2) is 28.7 Å². The van der Waals surface area contributed by atoms with E-state index in [2.05, 4.69) is 15.9 Å². The van der Waals surface area contributed by atoms with E-state index in [-0.39, 0.29) is 17.9 Å². The predicted octanol–water partition coefficient (Wildman–Crippen LogP) is 3.78. The lowest BCUT2D eigenvalue weighted by molar-refractivity contribution is -0.191. The molecule has 0 aliphatic carbocycles. The first-order valence-electron chi connectivity index (χ1n) is 7.33. The number of halogens is 4. The Morgan fingerprint density at radius 3 is 2.29 bits per heavy atom. The number of benzene rings is 1. The van der Waals surface area contributed by atoms with Crippen LogP contribution in [0.5, 0.6) is 0 Å². The van der Waals surface area contributed by atoms with E-state index in [1.165, 1.54) is 24.3 Å². The van der Waals surface area contributed by atoms with Crippen molar-refractivity contribution in [3.8, 4) is 6.07 Å². The lowest BCUT2D eigenvalue weighted by atomic mass is 10.00. The van der Waals surface area contributed by atoms with Gasteiger partial charge in [0.2, 0.25) is 5.91 Å². The van der Waals surface area contributed by atoms with Gasteiger partial charge in [0.15, 0.2) is 6.04 Å². The largest absolute Gasteiger partial charge is 0.413 e. The Labute approximate surface area is 147 Å². The van der Waals surface area contributed by atoms with Gasteiger partial charge in [0, 0.05) is 4.47 Å². The van der Waals surface area contributed by atoms with E-state index < -0.39 is 30.7 Å². The normalized spacial score (nSPS) is 14.1. The van der Waals surface area contributed by atoms with Crippen LogP contribution in [-0.4, -0.2) is 29.6 Å². The van der Waals surface area contributed by atoms with Crippen LogP contribution in [0.3, 0.4) is 0 Å². The van der Waals surface area contributed by atoms with Crippen molar-refractivity contribution in [3.63, 3.8) is 0 Å². The molecule has 2 atom stereocenters. The Morgan fingerprint density at radius 1 is 1.33 bits per heavy atom. The summed E-state index contributed by atoms with van der Waals surface area (Å²) in [6, 6.07) is 3.79. The van der Waals surface area contributed by atoms with Crippen LogP contribution in [0.25, 0.3) is 0 Å². The molecule has 0 aliphatic heterocycles. The van der Waals surface area contributed by atoms with Crippen molar-refractivity contribution in [2.45, 2.75) is 38.5 Å². The summed E-state index contributed by atoms with van der Waals surface area (Å²) >= 11 is 3.16. The second-order valence-corrected chi connectivity index (χ2v) is 6.77. The molecule has 24 heavy (non-hydrogen) atoms. The van der Waals surface area contributed by atoms with E-state index in [0.29, 0.717) is 9.37 Å². The Bertz CT molecular complexity index is 596. The van der Waals surface area contributed by atoms with Crippen molar-refractivity contribution in [1.82, 2.24) is 4.90 Å². The first kappa shape index (κ1) is 20.5. The van der Waals surface area contributed by atoms with Crippen molar-refractivity contribution in [2.75, 3.05) is 6.54 Å². The molecule has 0 bridgehead atoms. The SMILES string of the molecule is CC(C)C[C@H](N)C(=O)N(CC#N)[C@@H](c1ccc(Br)cc1)C(F)(F)F. The molecule has 0 saturated heterocycles. The van der Waals surface area contributed by atoms with Gasteiger partial charge in [-0.3, -0.25) is 4.79 Å². The van der Waals surface area contributed by atoms with Gasteiger partial charge in [-0.2, -0.15) is 18.4 Å². The molecule has 0 aliphatic rings. The Balaban J connectivity index is 3.26. The predicted molar refractivity (Wildman–Crippen MR) is 87.7 cm³/mol. The van der Waals surface area contributed by atoms with Gasteiger partial charge in [0.25, 0.3) is 0 Å². The molecule has 1 aromatic rings. The molecular formula is C16H19BrF3N3O. The number of nitrogens with zero attached hydrogens (tertiary/aromatic N) is 2. The fourth-order valence-electron chi connectivity index (χ4n) is 2.39. The molecule has 0 unspecified atom stereocenters. The number of nitriles is 1. The minimum absolute atomic E-state index is 0.0462. The molecule has 1 rings (SSSR count). The van der Waals surface area contributed by atoms with Crippen LogP contribution in [0, 0.1) is 17.2 Å². The third kappa shape index (κ3) is 5.49. The smallest absolute Gasteiger partial charge is 0.320 e. The highest BCUT2D eigenvalue weighted by molar-refractivity contribution is 9.10. The highest BCUT2D eigenvalue weighted by Gasteiger charge is 2.47. The molecule has 2 N–H and O–H groups in total. The zero-order valence-electron chi connectivity index (χ0n) is 13.3. The van der Waals surface area contributed by atoms with Crippen LogP contribution >= 0.6 is 15.9 Å². The lowest BCUT2D eigenvalue weighted by Crippen LogP contribution is -2.49. The molecular weight excluding hydrogens is 387 g/mol. The fourth-order valence-corrected chi connectivity index (χ4v) is 2.65. The van der Waals surface area contributed by atoms with Gasteiger partial charge in [-0.15, -0.1) is 0 Å². The summed E-state index contributed by atoms with van der Waals surface area (Å²) in [5, 5.41) is 8.90. The third-order valence-electron chi connectivity index (χ3n) is 3.37. The van der Waals surface area contributed by atoms with Gasteiger partial charge in [0.05, 0.1) is 12.1 Å². The van der Waals surface area contributed by atoms with Crippen LogP contribution in [0.4, 0.5) is 13.2 Å². The second kappa shape index (κ2) is 8.49. The summed E-state index contributed by atoms with van der Waals surface area (Å²) in [4.78, 5) is 12.9. The van der Waals surface area contributed by atoms with E-state index in [4.69, 9.17) is 11.0 Å². The maximum atomic E-state index is 13.6. The van der Waals surface area contributed by atoms with E-state index in [0.717, 1.165) is 0 Å². The van der Waals surface area contributed by atoms with Gasteiger partial charge in [-0.25, -0.2) is 0 Å². The standard InChI is InChI=1S/C16H19BrF3N3O/c1-10(2)9-13(22)15(24)23(8-7-21)14(16(18,19)20)11-3-5-12(17)6-4-11/h3-6,10,13-14H,8-9,22H2,1-2H3/t13-,14-/m0/s1. The molecule has 1 aromatic carbocycles. The van der Waals surface area contributed by atoms with Crippen molar-refractivity contribution in [3.05, 3.63) is 34.3 Å². The van der Waals surface area contributed by atoms with Crippen molar-refractivity contribution >= 4 is 21.8 Å². The Hall–Kier alpha value is -1.59. The summed E-state index contributed by atoms with van der Waals surface area (Å²) in [6.45, 7) is 2.94. The summed E-state index contributed by atoms with van der Waals surface area (Å²) in [5.41, 5.74) is 5.64. The van der Waals surface area contributed by atoms with Crippen LogP contribution in [0.2, 0.25) is 0 Å². The summed E-state index contributed by atoms with van der Waals surface area (Å²) in [7, 11) is 0. The van der Waals surface area contributed by atoms with E-state index >= 15 is 0 Å². The quantitative estimate of drug-likeness (QED) is 0.732. The molecule has 1 amide bonds. The first-order chi connectivity index (χ1) is 11.1. The maximum absolute atomic E-state index is 13.6. The lowest BCUT2D eigenvalue weighted by Gasteiger charge is -2.33. The average molecular weight is 406 g/mol. The maximum Gasteiger partial charge on any atom is 0.413 e. The monoisotopic (exact) mass is 405 g/mol. The number of hydrogen-bond acceptors (Lipinski definition) is 3. The van der Waals surface area contributed by atoms with Gasteiger partial charge in [-0.1, -0.05) is 41.9 Å². The number of amides is 1. The number of nitrogens with two attached hydrogens (primary N) is 1. The van der Waals surface area contributed by atoms with Crippen LogP contribution < -0.4 is 5.73 Å². The molecule has 0 spiro atoms. The highest BCUT2D eigenvalue weighted by Crippen LogP contribution is 2.38. The summed E-state index contributed by atoms with van der Waals surface area (Å²) in [6.07, 6.45) is -4.48. The van der Waals surface area contributed by atoms with Crippen molar-refractivity contribution in [1.29, 1.82) is 5.26 Å². The summed E-state index contributed by atoms with van der Waals surface area (Å²) < 4.78 is 41.4. The summed E-state index contributed by atoms with van der Waals surface area (Å²) in [5.74, 6) is -0.833. The fraction of sp³-hybridized carbons (Fsp3) is 0.500. The highest BCUT2D eigenvalue weighted by atomic mass is 79.9. The molecule has 132 valence electrons. The number of hydrogen-bond donors (Lipinski definition) is 1. The Morgan fingerprint density at radius 2 is 1.88 bits per heavy atom. The van der Waals surface area contributed by atoms with Gasteiger partial charge in [-0.05, 0) is 30.0 Å². The van der Waals surface area contributed by atoms with Gasteiger partial charge < -0.3 is 10.6 Å². The minimum atomic E-state index is -4.72. The molecule has 0 radical (unpaired) electrons. The number of rotatable bonds is 6. The molecule has 8 heteroatoms. The van der Waals surface area contributed by atoms with Crippen LogP contribution in [0.1, 0.15) is 31.9 Å². The average Bonchev–Trinajstić information content (AvgIpc) is 2.46. The van der Waals surface area contributed by atoms with Gasteiger partial charge >= 0.3 is 6.18 Å². The Kier molecular flexibility index (Phi) is 7.24. The number of carbonyl (C=O) groups is 1. The topological polar surface area (TPSA) is 70.1 Å². The first-order valence-corrected chi connectivity index (χ1v) is 8.12.